The average Bonchev–Trinajstić information content (AvgIpc) is 3.40. The Morgan fingerprint density at radius 2 is 1.67 bits per heavy atom. The lowest BCUT2D eigenvalue weighted by molar-refractivity contribution is -0.274. The first-order valence-corrected chi connectivity index (χ1v) is 12.8. The summed E-state index contributed by atoms with van der Waals surface area (Å²) in [6, 6.07) is 9.43. The number of aromatic amines is 1. The lowest BCUT2D eigenvalue weighted by atomic mass is 10.0. The van der Waals surface area contributed by atoms with Gasteiger partial charge in [-0.1, -0.05) is 17.7 Å². The molecule has 0 unspecified atom stereocenters. The summed E-state index contributed by atoms with van der Waals surface area (Å²) < 4.78 is 46.8. The highest BCUT2D eigenvalue weighted by atomic mass is 35.5. The molecule has 1 aromatic heterocycles. The van der Waals surface area contributed by atoms with E-state index in [1.807, 2.05) is 4.90 Å². The number of nitrogens with zero attached hydrogens (tertiary/aromatic N) is 5. The minimum absolute atomic E-state index is 0.0244. The molecule has 0 aliphatic carbocycles. The molecule has 2 saturated heterocycles. The monoisotopic (exact) mass is 566 g/mol. The van der Waals surface area contributed by atoms with Crippen molar-refractivity contribution in [2.45, 2.75) is 31.9 Å². The summed E-state index contributed by atoms with van der Waals surface area (Å²) >= 11 is 5.76. The predicted molar refractivity (Wildman–Crippen MR) is 134 cm³/mol. The first-order chi connectivity index (χ1) is 18.7. The Hall–Kier alpha value is -3.58. The number of alkyl halides is 3. The van der Waals surface area contributed by atoms with Gasteiger partial charge in [0.1, 0.15) is 23.4 Å². The maximum Gasteiger partial charge on any atom is 0.573 e. The quantitative estimate of drug-likeness (QED) is 0.496. The van der Waals surface area contributed by atoms with Crippen molar-refractivity contribution < 1.29 is 32.2 Å². The van der Waals surface area contributed by atoms with E-state index in [9.17, 15) is 22.8 Å². The molecule has 2 fully saturated rings. The van der Waals surface area contributed by atoms with Crippen molar-refractivity contribution in [2.75, 3.05) is 39.3 Å². The number of carbonyl (C=O) groups excluding carboxylic acids is 2. The largest absolute Gasteiger partial charge is 0.573 e. The van der Waals surface area contributed by atoms with Crippen LogP contribution in [0.5, 0.6) is 5.75 Å². The number of ether oxygens (including phenoxy) is 2. The van der Waals surface area contributed by atoms with Gasteiger partial charge < -0.3 is 19.3 Å². The smallest absolute Gasteiger partial charge is 0.445 e. The van der Waals surface area contributed by atoms with Gasteiger partial charge in [0.2, 0.25) is 0 Å². The van der Waals surface area contributed by atoms with Crippen molar-refractivity contribution >= 4 is 34.6 Å². The zero-order valence-electron chi connectivity index (χ0n) is 20.8. The molecule has 2 aliphatic rings. The number of nitrogens with one attached hydrogen (secondary N) is 1. The number of piperazine rings is 1. The Morgan fingerprint density at radius 1 is 0.949 bits per heavy atom. The third-order valence-electron chi connectivity index (χ3n) is 6.99. The predicted octanol–water partition coefficient (Wildman–Crippen LogP) is 4.07. The van der Waals surface area contributed by atoms with Crippen molar-refractivity contribution in [3.63, 3.8) is 0 Å². The number of carbonyl (C=O) groups is 2. The van der Waals surface area contributed by atoms with Crippen molar-refractivity contribution in [1.82, 2.24) is 30.1 Å². The number of likely N-dealkylation sites (tertiary alicyclic amines) is 1. The van der Waals surface area contributed by atoms with Crippen LogP contribution in [0.3, 0.4) is 0 Å². The average molecular weight is 567 g/mol. The molecule has 2 amide bonds. The Morgan fingerprint density at radius 3 is 2.38 bits per heavy atom. The van der Waals surface area contributed by atoms with Crippen LogP contribution in [0.1, 0.15) is 28.8 Å². The number of halogens is 4. The van der Waals surface area contributed by atoms with E-state index < -0.39 is 18.2 Å². The van der Waals surface area contributed by atoms with Crippen LogP contribution < -0.4 is 4.74 Å². The molecule has 0 saturated carbocycles. The van der Waals surface area contributed by atoms with Gasteiger partial charge in [0, 0.05) is 50.9 Å². The van der Waals surface area contributed by atoms with Gasteiger partial charge in [0.25, 0.3) is 5.91 Å². The summed E-state index contributed by atoms with van der Waals surface area (Å²) in [5, 5.41) is 10.4. The zero-order chi connectivity index (χ0) is 27.6. The van der Waals surface area contributed by atoms with Gasteiger partial charge in [0.05, 0.1) is 5.02 Å². The molecule has 3 aromatic rings. The molecule has 2 aliphatic heterocycles. The minimum Gasteiger partial charge on any atom is -0.445 e. The second-order valence-electron chi connectivity index (χ2n) is 9.44. The molecule has 1 N–H and O–H groups in total. The van der Waals surface area contributed by atoms with Crippen LogP contribution in [-0.2, 0) is 11.3 Å². The highest BCUT2D eigenvalue weighted by molar-refractivity contribution is 6.32. The van der Waals surface area contributed by atoms with E-state index in [0.717, 1.165) is 18.9 Å². The highest BCUT2D eigenvalue weighted by Crippen LogP contribution is 2.31. The molecule has 39 heavy (non-hydrogen) atoms. The maximum atomic E-state index is 13.0. The summed E-state index contributed by atoms with van der Waals surface area (Å²) in [4.78, 5) is 31.3. The van der Waals surface area contributed by atoms with E-state index >= 15 is 0 Å². The van der Waals surface area contributed by atoms with Crippen molar-refractivity contribution in [1.29, 1.82) is 0 Å². The fraction of sp³-hybridized carbons (Fsp3) is 0.440. The van der Waals surface area contributed by atoms with Gasteiger partial charge in [-0.25, -0.2) is 4.79 Å². The highest BCUT2D eigenvalue weighted by Gasteiger charge is 2.33. The van der Waals surface area contributed by atoms with Gasteiger partial charge in [-0.3, -0.25) is 9.69 Å². The summed E-state index contributed by atoms with van der Waals surface area (Å²) in [7, 11) is 0. The molecular weight excluding hydrogens is 541 g/mol. The summed E-state index contributed by atoms with van der Waals surface area (Å²) in [5.41, 5.74) is 2.28. The first kappa shape index (κ1) is 27.0. The second kappa shape index (κ2) is 11.3. The number of piperidine rings is 1. The standard InChI is InChI=1S/C25H26ClF3N6O4/c26-19-3-1-16(13-22(19)39-25(27,28)29)15-38-24(37)35-11-9-33(10-12-35)18-5-7-34(8-6-18)23(36)17-2-4-20-21(14-17)31-32-30-20/h1-4,13-14,18H,5-12,15H2,(H,30,31,32). The SMILES string of the molecule is O=C(OCc1ccc(Cl)c(OC(F)(F)F)c1)N1CCN(C2CCN(C(=O)c3ccc4n[nH]nc4c3)CC2)CC1. The van der Waals surface area contributed by atoms with Crippen molar-refractivity contribution in [2.24, 2.45) is 0 Å². The van der Waals surface area contributed by atoms with Gasteiger partial charge >= 0.3 is 12.5 Å². The Labute approximate surface area is 226 Å². The van der Waals surface area contributed by atoms with Crippen LogP contribution in [0, 0.1) is 0 Å². The Bertz CT molecular complexity index is 1340. The molecule has 14 heteroatoms. The normalized spacial score (nSPS) is 17.4. The fourth-order valence-corrected chi connectivity index (χ4v) is 5.09. The van der Waals surface area contributed by atoms with Crippen LogP contribution in [-0.4, -0.2) is 93.8 Å². The number of fused-ring (bicyclic) bond motifs is 1. The third kappa shape index (κ3) is 6.53. The number of hydrogen-bond acceptors (Lipinski definition) is 7. The fourth-order valence-electron chi connectivity index (χ4n) is 4.94. The number of hydrogen-bond donors (Lipinski definition) is 1. The molecule has 2 aromatic carbocycles. The van der Waals surface area contributed by atoms with E-state index in [1.165, 1.54) is 12.1 Å². The van der Waals surface area contributed by atoms with Gasteiger partial charge in [-0.15, -0.1) is 13.2 Å². The number of amides is 2. The molecule has 5 rings (SSSR count). The van der Waals surface area contributed by atoms with Gasteiger partial charge in [-0.05, 0) is 48.7 Å². The number of benzene rings is 2. The second-order valence-corrected chi connectivity index (χ2v) is 9.85. The van der Waals surface area contributed by atoms with E-state index in [1.54, 1.807) is 23.1 Å². The Kier molecular flexibility index (Phi) is 7.80. The van der Waals surface area contributed by atoms with Crippen LogP contribution in [0.4, 0.5) is 18.0 Å². The number of aromatic nitrogens is 3. The molecular formula is C25H26ClF3N6O4. The van der Waals surface area contributed by atoms with E-state index in [0.29, 0.717) is 67.5 Å². The number of rotatable bonds is 5. The van der Waals surface area contributed by atoms with Crippen LogP contribution in [0.25, 0.3) is 11.0 Å². The van der Waals surface area contributed by atoms with Gasteiger partial charge in [0.15, 0.2) is 0 Å². The van der Waals surface area contributed by atoms with Crippen LogP contribution >= 0.6 is 11.6 Å². The van der Waals surface area contributed by atoms with Crippen LogP contribution in [0.2, 0.25) is 5.02 Å². The molecule has 0 atom stereocenters. The third-order valence-corrected chi connectivity index (χ3v) is 7.30. The lowest BCUT2D eigenvalue weighted by Gasteiger charge is -2.42. The number of H-pyrrole nitrogens is 1. The maximum absolute atomic E-state index is 13.0. The molecule has 0 bridgehead atoms. The molecule has 3 heterocycles. The summed E-state index contributed by atoms with van der Waals surface area (Å²) in [6.07, 6.45) is -3.74. The summed E-state index contributed by atoms with van der Waals surface area (Å²) in [6.45, 7) is 3.35. The zero-order valence-corrected chi connectivity index (χ0v) is 21.5. The molecule has 208 valence electrons. The van der Waals surface area contributed by atoms with E-state index in [-0.39, 0.29) is 17.5 Å². The topological polar surface area (TPSA) is 104 Å². The van der Waals surface area contributed by atoms with Crippen molar-refractivity contribution in [3.8, 4) is 5.75 Å². The lowest BCUT2D eigenvalue weighted by Crippen LogP contribution is -2.54. The van der Waals surface area contributed by atoms with E-state index in [2.05, 4.69) is 25.0 Å². The van der Waals surface area contributed by atoms with E-state index in [4.69, 9.17) is 16.3 Å². The molecule has 0 radical (unpaired) electrons. The first-order valence-electron chi connectivity index (χ1n) is 12.5. The minimum atomic E-state index is -4.88. The molecule has 10 nitrogen and oxygen atoms in total. The Balaban J connectivity index is 1.06. The summed E-state index contributed by atoms with van der Waals surface area (Å²) in [5.74, 6) is -0.571. The van der Waals surface area contributed by atoms with Crippen LogP contribution in [0.15, 0.2) is 36.4 Å². The van der Waals surface area contributed by atoms with Gasteiger partial charge in [-0.2, -0.15) is 15.4 Å². The molecule has 0 spiro atoms. The van der Waals surface area contributed by atoms with Crippen molar-refractivity contribution in [3.05, 3.63) is 52.5 Å².